The van der Waals surface area contributed by atoms with Crippen molar-refractivity contribution in [2.45, 2.75) is 79.8 Å². The molecule has 0 saturated carbocycles. The van der Waals surface area contributed by atoms with Gasteiger partial charge in [-0.3, -0.25) is 9.59 Å². The predicted molar refractivity (Wildman–Crippen MR) is 111 cm³/mol. The van der Waals surface area contributed by atoms with Crippen molar-refractivity contribution >= 4 is 11.9 Å². The van der Waals surface area contributed by atoms with Crippen LogP contribution in [-0.2, 0) is 14.3 Å². The Morgan fingerprint density at radius 2 is 1.67 bits per heavy atom. The molecule has 4 nitrogen and oxygen atoms in total. The van der Waals surface area contributed by atoms with Crippen LogP contribution < -0.4 is 0 Å². The van der Waals surface area contributed by atoms with Gasteiger partial charge in [-0.05, 0) is 49.5 Å². The number of cyclic esters (lactones) is 1. The van der Waals surface area contributed by atoms with Gasteiger partial charge in [0.05, 0.1) is 5.92 Å². The summed E-state index contributed by atoms with van der Waals surface area (Å²) in [5.74, 6) is 0.309. The average Bonchev–Trinajstić information content (AvgIpc) is 2.59. The fourth-order valence-corrected chi connectivity index (χ4v) is 3.21. The molecule has 1 rings (SSSR count). The molecular weight excluding hydrogens is 338 g/mol. The molecule has 0 aliphatic carbocycles. The molecule has 0 aromatic heterocycles. The largest absolute Gasteiger partial charge is 0.462 e. The topological polar surface area (TPSA) is 46.6 Å². The minimum atomic E-state index is -0.112. The van der Waals surface area contributed by atoms with Crippen molar-refractivity contribution in [1.82, 2.24) is 4.90 Å². The van der Waals surface area contributed by atoms with Crippen molar-refractivity contribution in [3.63, 3.8) is 0 Å². The highest BCUT2D eigenvalue weighted by Crippen LogP contribution is 2.31. The Morgan fingerprint density at radius 1 is 1.00 bits per heavy atom. The van der Waals surface area contributed by atoms with Crippen LogP contribution >= 0.6 is 0 Å². The van der Waals surface area contributed by atoms with Crippen LogP contribution in [0.4, 0.5) is 0 Å². The third-order valence-corrected chi connectivity index (χ3v) is 5.43. The SMILES string of the molecule is C[C@H]1CC[C@@H](C)C(=O)N(C)/C=C\C=C/CC[C@@H](C)C(=O)O[C@@H](C(C)(C)C)C1. The molecule has 0 aromatic carbocycles. The van der Waals surface area contributed by atoms with E-state index in [1.165, 1.54) is 0 Å². The Balaban J connectivity index is 2.94. The molecule has 1 amide bonds. The molecule has 0 aromatic rings. The van der Waals surface area contributed by atoms with E-state index in [1.54, 1.807) is 4.90 Å². The van der Waals surface area contributed by atoms with Crippen LogP contribution in [0.1, 0.15) is 73.6 Å². The van der Waals surface area contributed by atoms with Gasteiger partial charge in [-0.25, -0.2) is 0 Å². The molecule has 0 saturated heterocycles. The first-order chi connectivity index (χ1) is 12.5. The van der Waals surface area contributed by atoms with Gasteiger partial charge in [-0.15, -0.1) is 0 Å². The third kappa shape index (κ3) is 8.32. The molecule has 1 heterocycles. The Hall–Kier alpha value is -1.58. The van der Waals surface area contributed by atoms with Crippen molar-refractivity contribution in [3.05, 3.63) is 24.4 Å². The highest BCUT2D eigenvalue weighted by Gasteiger charge is 2.31. The minimum absolute atomic E-state index is 0.0163. The van der Waals surface area contributed by atoms with Crippen LogP contribution in [0, 0.1) is 23.2 Å². The first kappa shape index (κ1) is 23.5. The van der Waals surface area contributed by atoms with Crippen molar-refractivity contribution in [2.24, 2.45) is 23.2 Å². The summed E-state index contributed by atoms with van der Waals surface area (Å²) in [6.07, 6.45) is 11.7. The summed E-state index contributed by atoms with van der Waals surface area (Å²) in [6.45, 7) is 12.5. The summed E-state index contributed by atoms with van der Waals surface area (Å²) >= 11 is 0. The van der Waals surface area contributed by atoms with Crippen molar-refractivity contribution in [2.75, 3.05) is 7.05 Å². The predicted octanol–water partition coefficient (Wildman–Crippen LogP) is 5.35. The van der Waals surface area contributed by atoms with E-state index in [4.69, 9.17) is 4.74 Å². The van der Waals surface area contributed by atoms with Gasteiger partial charge in [0.15, 0.2) is 0 Å². The summed E-state index contributed by atoms with van der Waals surface area (Å²) in [7, 11) is 1.81. The molecule has 4 atom stereocenters. The van der Waals surface area contributed by atoms with Crippen LogP contribution in [0.3, 0.4) is 0 Å². The van der Waals surface area contributed by atoms with E-state index in [2.05, 4.69) is 27.7 Å². The van der Waals surface area contributed by atoms with Gasteiger partial charge >= 0.3 is 5.97 Å². The standard InChI is InChI=1S/C23H39NO3/c1-17-13-14-18(2)21(25)24(7)15-11-9-8-10-12-19(3)22(26)27-20(16-17)23(4,5)6/h8-9,11,15,17-20H,10,12-14,16H2,1-7H3/b9-8-,15-11-/t17-,18+,19+,20+/m0/s1. The van der Waals surface area contributed by atoms with E-state index in [-0.39, 0.29) is 35.2 Å². The molecule has 4 heteroatoms. The lowest BCUT2D eigenvalue weighted by Gasteiger charge is -2.33. The second-order valence-electron chi connectivity index (χ2n) is 9.31. The first-order valence-electron chi connectivity index (χ1n) is 10.3. The number of rotatable bonds is 0. The van der Waals surface area contributed by atoms with Crippen molar-refractivity contribution < 1.29 is 14.3 Å². The van der Waals surface area contributed by atoms with Gasteiger partial charge in [0.2, 0.25) is 5.91 Å². The van der Waals surface area contributed by atoms with Crippen LogP contribution in [0.15, 0.2) is 24.4 Å². The highest BCUT2D eigenvalue weighted by atomic mass is 16.5. The summed E-state index contributed by atoms with van der Waals surface area (Å²) < 4.78 is 5.94. The molecule has 0 unspecified atom stereocenters. The maximum Gasteiger partial charge on any atom is 0.308 e. The number of nitrogens with zero attached hydrogens (tertiary/aromatic N) is 1. The summed E-state index contributed by atoms with van der Waals surface area (Å²) in [6, 6.07) is 0. The monoisotopic (exact) mass is 377 g/mol. The van der Waals surface area contributed by atoms with Gasteiger partial charge in [-0.1, -0.05) is 53.7 Å². The Kier molecular flexibility index (Phi) is 9.28. The van der Waals surface area contributed by atoms with Crippen LogP contribution in [0.5, 0.6) is 0 Å². The number of ether oxygens (including phenoxy) is 1. The van der Waals surface area contributed by atoms with Crippen LogP contribution in [0.2, 0.25) is 0 Å². The summed E-state index contributed by atoms with van der Waals surface area (Å²) in [5.41, 5.74) is -0.0992. The van der Waals surface area contributed by atoms with E-state index in [0.29, 0.717) is 5.92 Å². The molecule has 0 fully saturated rings. The van der Waals surface area contributed by atoms with Crippen LogP contribution in [-0.4, -0.2) is 29.9 Å². The van der Waals surface area contributed by atoms with Crippen molar-refractivity contribution in [3.8, 4) is 0 Å². The van der Waals surface area contributed by atoms with Gasteiger partial charge in [-0.2, -0.15) is 0 Å². The lowest BCUT2D eigenvalue weighted by molar-refractivity contribution is -0.160. The number of carbonyl (C=O) groups is 2. The normalized spacial score (nSPS) is 32.5. The number of carbonyl (C=O) groups excluding carboxylic acids is 2. The summed E-state index contributed by atoms with van der Waals surface area (Å²) in [4.78, 5) is 26.7. The molecular formula is C23H39NO3. The zero-order valence-electron chi connectivity index (χ0n) is 18.3. The number of allylic oxidation sites excluding steroid dienone is 3. The van der Waals surface area contributed by atoms with E-state index < -0.39 is 0 Å². The van der Waals surface area contributed by atoms with E-state index in [9.17, 15) is 9.59 Å². The lowest BCUT2D eigenvalue weighted by Crippen LogP contribution is -2.35. The van der Waals surface area contributed by atoms with Gasteiger partial charge in [0.25, 0.3) is 0 Å². The van der Waals surface area contributed by atoms with E-state index in [1.807, 2.05) is 45.3 Å². The second-order valence-corrected chi connectivity index (χ2v) is 9.31. The first-order valence-corrected chi connectivity index (χ1v) is 10.3. The lowest BCUT2D eigenvalue weighted by atomic mass is 9.82. The smallest absolute Gasteiger partial charge is 0.308 e. The van der Waals surface area contributed by atoms with E-state index in [0.717, 1.165) is 32.1 Å². The molecule has 0 spiro atoms. The Labute approximate surface area is 166 Å². The second kappa shape index (κ2) is 10.7. The summed E-state index contributed by atoms with van der Waals surface area (Å²) in [5, 5.41) is 0. The number of hydrogen-bond acceptors (Lipinski definition) is 3. The molecule has 1 aliphatic rings. The number of hydrogen-bond donors (Lipinski definition) is 0. The zero-order chi connectivity index (χ0) is 20.6. The maximum absolute atomic E-state index is 12.6. The molecule has 1 aliphatic heterocycles. The molecule has 0 bridgehead atoms. The molecule has 0 N–H and O–H groups in total. The van der Waals surface area contributed by atoms with Gasteiger partial charge in [0, 0.05) is 19.2 Å². The average molecular weight is 378 g/mol. The minimum Gasteiger partial charge on any atom is -0.462 e. The maximum atomic E-state index is 12.6. The van der Waals surface area contributed by atoms with Crippen molar-refractivity contribution in [1.29, 1.82) is 0 Å². The van der Waals surface area contributed by atoms with Gasteiger partial charge in [0.1, 0.15) is 6.10 Å². The molecule has 154 valence electrons. The Bertz CT molecular complexity index is 544. The quantitative estimate of drug-likeness (QED) is 0.535. The Morgan fingerprint density at radius 3 is 2.30 bits per heavy atom. The fraction of sp³-hybridized carbons (Fsp3) is 0.739. The number of esters is 1. The number of amides is 1. The van der Waals surface area contributed by atoms with E-state index >= 15 is 0 Å². The zero-order valence-corrected chi connectivity index (χ0v) is 18.3. The third-order valence-electron chi connectivity index (χ3n) is 5.43. The molecule has 27 heavy (non-hydrogen) atoms. The molecule has 0 radical (unpaired) electrons. The fourth-order valence-electron chi connectivity index (χ4n) is 3.21. The van der Waals surface area contributed by atoms with Crippen LogP contribution in [0.25, 0.3) is 0 Å². The highest BCUT2D eigenvalue weighted by molar-refractivity contribution is 5.79. The van der Waals surface area contributed by atoms with Gasteiger partial charge < -0.3 is 9.64 Å².